The standard InChI is InChI=1S/C14H21NO5S/c1-3-5-10-15(4-2)21(18,19)13-8-6-12(7-9-13)20-11-14(16)17/h6-9H,3-5,10-11H2,1-2H3,(H,16,17). The molecule has 0 unspecified atom stereocenters. The molecule has 0 fully saturated rings. The molecule has 0 heterocycles. The molecule has 0 radical (unpaired) electrons. The molecule has 1 N–H and O–H groups in total. The Morgan fingerprint density at radius 1 is 1.24 bits per heavy atom. The van der Waals surface area contributed by atoms with Gasteiger partial charge in [0.2, 0.25) is 10.0 Å². The summed E-state index contributed by atoms with van der Waals surface area (Å²) in [6.45, 7) is 4.27. The Kier molecular flexibility index (Phi) is 6.64. The van der Waals surface area contributed by atoms with Crippen LogP contribution in [0, 0.1) is 0 Å². The van der Waals surface area contributed by atoms with E-state index in [0.717, 1.165) is 12.8 Å². The number of benzene rings is 1. The number of carboxylic acids is 1. The topological polar surface area (TPSA) is 83.9 Å². The van der Waals surface area contributed by atoms with E-state index in [9.17, 15) is 13.2 Å². The Hall–Kier alpha value is -1.60. The van der Waals surface area contributed by atoms with Crippen molar-refractivity contribution in [1.29, 1.82) is 0 Å². The number of aliphatic carboxylic acids is 1. The van der Waals surface area contributed by atoms with Crippen molar-refractivity contribution >= 4 is 16.0 Å². The molecule has 0 spiro atoms. The van der Waals surface area contributed by atoms with Crippen LogP contribution in [0.15, 0.2) is 29.2 Å². The predicted molar refractivity (Wildman–Crippen MR) is 78.9 cm³/mol. The van der Waals surface area contributed by atoms with Gasteiger partial charge in [-0.25, -0.2) is 13.2 Å². The van der Waals surface area contributed by atoms with Crippen LogP contribution >= 0.6 is 0 Å². The van der Waals surface area contributed by atoms with Gasteiger partial charge in [-0.2, -0.15) is 4.31 Å². The quantitative estimate of drug-likeness (QED) is 0.753. The highest BCUT2D eigenvalue weighted by Gasteiger charge is 2.22. The molecule has 0 aliphatic carbocycles. The third kappa shape index (κ3) is 5.02. The molecule has 0 aliphatic heterocycles. The van der Waals surface area contributed by atoms with Gasteiger partial charge in [-0.1, -0.05) is 20.3 Å². The highest BCUT2D eigenvalue weighted by Crippen LogP contribution is 2.20. The number of ether oxygens (including phenoxy) is 1. The second kappa shape index (κ2) is 7.99. The van der Waals surface area contributed by atoms with Gasteiger partial charge < -0.3 is 9.84 Å². The molecule has 0 amide bonds. The smallest absolute Gasteiger partial charge is 0.341 e. The molecule has 7 heteroatoms. The maximum Gasteiger partial charge on any atom is 0.341 e. The van der Waals surface area contributed by atoms with Gasteiger partial charge >= 0.3 is 5.97 Å². The molecule has 6 nitrogen and oxygen atoms in total. The van der Waals surface area contributed by atoms with E-state index >= 15 is 0 Å². The molecule has 118 valence electrons. The molecule has 21 heavy (non-hydrogen) atoms. The van der Waals surface area contributed by atoms with Crippen molar-refractivity contribution in [3.63, 3.8) is 0 Å². The van der Waals surface area contributed by atoms with Crippen molar-refractivity contribution in [1.82, 2.24) is 4.31 Å². The van der Waals surface area contributed by atoms with Gasteiger partial charge in [0.25, 0.3) is 0 Å². The Bertz CT molecular complexity index is 553. The predicted octanol–water partition coefficient (Wildman–Crippen LogP) is 1.96. The number of sulfonamides is 1. The average molecular weight is 315 g/mol. The highest BCUT2D eigenvalue weighted by molar-refractivity contribution is 7.89. The lowest BCUT2D eigenvalue weighted by Gasteiger charge is -2.20. The van der Waals surface area contributed by atoms with Crippen LogP contribution in [0.5, 0.6) is 5.75 Å². The summed E-state index contributed by atoms with van der Waals surface area (Å²) < 4.78 is 31.3. The van der Waals surface area contributed by atoms with Crippen LogP contribution in [0.1, 0.15) is 26.7 Å². The first-order valence-corrected chi connectivity index (χ1v) is 8.30. The number of unbranched alkanes of at least 4 members (excludes halogenated alkanes) is 1. The van der Waals surface area contributed by atoms with Crippen LogP contribution in [-0.4, -0.2) is 43.5 Å². The van der Waals surface area contributed by atoms with Crippen LogP contribution in [-0.2, 0) is 14.8 Å². The molecule has 0 atom stereocenters. The maximum absolute atomic E-state index is 12.4. The molecule has 1 rings (SSSR count). The van der Waals surface area contributed by atoms with Crippen LogP contribution in [0.3, 0.4) is 0 Å². The zero-order valence-corrected chi connectivity index (χ0v) is 13.1. The van der Waals surface area contributed by atoms with Gasteiger partial charge in [0, 0.05) is 13.1 Å². The van der Waals surface area contributed by atoms with Crippen molar-refractivity contribution < 1.29 is 23.1 Å². The molecular formula is C14H21NO5S. The number of nitrogens with zero attached hydrogens (tertiary/aromatic N) is 1. The third-order valence-electron chi connectivity index (χ3n) is 2.94. The van der Waals surface area contributed by atoms with Crippen molar-refractivity contribution in [3.8, 4) is 5.75 Å². The minimum absolute atomic E-state index is 0.183. The first-order valence-electron chi connectivity index (χ1n) is 6.86. The zero-order chi connectivity index (χ0) is 15.9. The SMILES string of the molecule is CCCCN(CC)S(=O)(=O)c1ccc(OCC(=O)O)cc1. The van der Waals surface area contributed by atoms with Crippen molar-refractivity contribution in [2.45, 2.75) is 31.6 Å². The number of carboxylic acid groups (broad SMARTS) is 1. The van der Waals surface area contributed by atoms with E-state index in [1.54, 1.807) is 6.92 Å². The summed E-state index contributed by atoms with van der Waals surface area (Å²) in [5, 5.41) is 8.52. The summed E-state index contributed by atoms with van der Waals surface area (Å²) in [5.74, 6) is -0.753. The van der Waals surface area contributed by atoms with Crippen molar-refractivity contribution in [3.05, 3.63) is 24.3 Å². The summed E-state index contributed by atoms with van der Waals surface area (Å²) >= 11 is 0. The van der Waals surface area contributed by atoms with E-state index in [1.165, 1.54) is 28.6 Å². The first-order chi connectivity index (χ1) is 9.91. The summed E-state index contributed by atoms with van der Waals surface area (Å²) in [7, 11) is -3.51. The van der Waals surface area contributed by atoms with Crippen LogP contribution in [0.2, 0.25) is 0 Å². The van der Waals surface area contributed by atoms with Gasteiger partial charge in [-0.15, -0.1) is 0 Å². The summed E-state index contributed by atoms with van der Waals surface area (Å²) in [6, 6.07) is 5.79. The fraction of sp³-hybridized carbons (Fsp3) is 0.500. The monoisotopic (exact) mass is 315 g/mol. The number of hydrogen-bond donors (Lipinski definition) is 1. The molecule has 0 aliphatic rings. The minimum Gasteiger partial charge on any atom is -0.482 e. The van der Waals surface area contributed by atoms with Gasteiger partial charge in [0.15, 0.2) is 6.61 Å². The molecule has 1 aromatic rings. The number of carbonyl (C=O) groups is 1. The van der Waals surface area contributed by atoms with Gasteiger partial charge in [0.05, 0.1) is 4.90 Å². The van der Waals surface area contributed by atoms with Gasteiger partial charge in [0.1, 0.15) is 5.75 Å². The second-order valence-electron chi connectivity index (χ2n) is 4.50. The Labute approximate surface area is 125 Å². The number of hydrogen-bond acceptors (Lipinski definition) is 4. The van der Waals surface area contributed by atoms with Gasteiger partial charge in [-0.05, 0) is 30.7 Å². The molecule has 0 saturated heterocycles. The van der Waals surface area contributed by atoms with E-state index in [4.69, 9.17) is 9.84 Å². The van der Waals surface area contributed by atoms with Crippen molar-refractivity contribution in [2.24, 2.45) is 0 Å². The third-order valence-corrected chi connectivity index (χ3v) is 4.93. The summed E-state index contributed by atoms with van der Waals surface area (Å²) in [4.78, 5) is 10.6. The second-order valence-corrected chi connectivity index (χ2v) is 6.44. The van der Waals surface area contributed by atoms with Crippen LogP contribution in [0.4, 0.5) is 0 Å². The normalized spacial score (nSPS) is 11.6. The molecule has 0 saturated carbocycles. The lowest BCUT2D eigenvalue weighted by molar-refractivity contribution is -0.139. The van der Waals surface area contributed by atoms with Crippen LogP contribution < -0.4 is 4.74 Å². The maximum atomic E-state index is 12.4. The van der Waals surface area contributed by atoms with E-state index < -0.39 is 22.6 Å². The van der Waals surface area contributed by atoms with Crippen LogP contribution in [0.25, 0.3) is 0 Å². The number of rotatable bonds is 9. The van der Waals surface area contributed by atoms with Gasteiger partial charge in [-0.3, -0.25) is 0 Å². The molecule has 0 bridgehead atoms. The van der Waals surface area contributed by atoms with E-state index in [2.05, 4.69) is 0 Å². The molecule has 0 aromatic heterocycles. The molecular weight excluding hydrogens is 294 g/mol. The Morgan fingerprint density at radius 3 is 2.33 bits per heavy atom. The highest BCUT2D eigenvalue weighted by atomic mass is 32.2. The van der Waals surface area contributed by atoms with E-state index in [0.29, 0.717) is 18.8 Å². The largest absolute Gasteiger partial charge is 0.482 e. The minimum atomic E-state index is -3.51. The van der Waals surface area contributed by atoms with E-state index in [1.807, 2.05) is 6.92 Å². The van der Waals surface area contributed by atoms with Crippen molar-refractivity contribution in [2.75, 3.05) is 19.7 Å². The Morgan fingerprint density at radius 2 is 1.86 bits per heavy atom. The lowest BCUT2D eigenvalue weighted by atomic mass is 10.3. The fourth-order valence-corrected chi connectivity index (χ4v) is 3.27. The first kappa shape index (κ1) is 17.5. The lowest BCUT2D eigenvalue weighted by Crippen LogP contribution is -2.31. The zero-order valence-electron chi connectivity index (χ0n) is 12.3. The average Bonchev–Trinajstić information content (AvgIpc) is 2.46. The summed E-state index contributed by atoms with van der Waals surface area (Å²) in [6.07, 6.45) is 1.74. The molecule has 1 aromatic carbocycles. The van der Waals surface area contributed by atoms with E-state index in [-0.39, 0.29) is 4.90 Å². The fourth-order valence-electron chi connectivity index (χ4n) is 1.78. The summed E-state index contributed by atoms with van der Waals surface area (Å²) in [5.41, 5.74) is 0. The Balaban J connectivity index is 2.85.